The number of carbonyl (C=O) groups is 2. The van der Waals surface area contributed by atoms with Gasteiger partial charge in [0, 0.05) is 0 Å². The van der Waals surface area contributed by atoms with Crippen molar-refractivity contribution in [3.8, 4) is 0 Å². The van der Waals surface area contributed by atoms with Gasteiger partial charge in [0.05, 0.1) is 5.92 Å². The second kappa shape index (κ2) is 2.70. The maximum absolute atomic E-state index is 10.9. The minimum absolute atomic E-state index is 0.153. The molecule has 14 heavy (non-hydrogen) atoms. The number of nitrogens with two attached hydrogens (primary N) is 1. The van der Waals surface area contributed by atoms with Crippen molar-refractivity contribution < 1.29 is 19.8 Å². The zero-order valence-electron chi connectivity index (χ0n) is 7.64. The molecule has 3 aliphatic rings. The van der Waals surface area contributed by atoms with Crippen LogP contribution in [-0.2, 0) is 9.59 Å². The summed E-state index contributed by atoms with van der Waals surface area (Å²) in [5, 5.41) is 17.7. The van der Waals surface area contributed by atoms with E-state index in [1.54, 1.807) is 0 Å². The summed E-state index contributed by atoms with van der Waals surface area (Å²) in [4.78, 5) is 21.6. The molecular formula is C9H13NO4. The van der Waals surface area contributed by atoms with Crippen molar-refractivity contribution in [1.82, 2.24) is 0 Å². The highest BCUT2D eigenvalue weighted by Crippen LogP contribution is 2.54. The average molecular weight is 199 g/mol. The Hall–Kier alpha value is -1.10. The summed E-state index contributed by atoms with van der Waals surface area (Å²) < 4.78 is 0. The zero-order chi connectivity index (χ0) is 10.5. The van der Waals surface area contributed by atoms with E-state index in [0.29, 0.717) is 12.8 Å². The van der Waals surface area contributed by atoms with Crippen LogP contribution in [0.2, 0.25) is 0 Å². The van der Waals surface area contributed by atoms with Crippen LogP contribution in [0.15, 0.2) is 0 Å². The summed E-state index contributed by atoms with van der Waals surface area (Å²) in [5.41, 5.74) is 4.62. The molecule has 2 atom stereocenters. The molecule has 2 unspecified atom stereocenters. The van der Waals surface area contributed by atoms with E-state index in [4.69, 9.17) is 15.9 Å². The van der Waals surface area contributed by atoms with Gasteiger partial charge in [-0.2, -0.15) is 0 Å². The SMILES string of the molecule is NC1(C(=O)O)C2CC(C(=O)O)CC1C2. The van der Waals surface area contributed by atoms with Crippen molar-refractivity contribution in [1.29, 1.82) is 0 Å². The van der Waals surface area contributed by atoms with Crippen LogP contribution in [0.25, 0.3) is 0 Å². The third kappa shape index (κ3) is 0.987. The zero-order valence-corrected chi connectivity index (χ0v) is 7.64. The van der Waals surface area contributed by atoms with Crippen LogP contribution in [0.1, 0.15) is 19.3 Å². The molecule has 0 aromatic heterocycles. The molecule has 0 heterocycles. The Kier molecular flexibility index (Phi) is 1.82. The summed E-state index contributed by atoms with van der Waals surface area (Å²) in [7, 11) is 0. The standard InChI is InChI=1S/C9H13NO4/c10-9(8(13)14)5-1-4(7(11)12)2-6(9)3-5/h4-6H,1-3,10H2,(H,11,12)(H,13,14). The average Bonchev–Trinajstić information content (AvgIpc) is 2.16. The minimum atomic E-state index is -1.15. The molecule has 3 rings (SSSR count). The van der Waals surface area contributed by atoms with Crippen LogP contribution >= 0.6 is 0 Å². The van der Waals surface area contributed by atoms with Crippen molar-refractivity contribution in [2.24, 2.45) is 23.5 Å². The first-order valence-electron chi connectivity index (χ1n) is 4.71. The van der Waals surface area contributed by atoms with Crippen LogP contribution in [-0.4, -0.2) is 27.7 Å². The van der Waals surface area contributed by atoms with Gasteiger partial charge in [0.15, 0.2) is 0 Å². The maximum atomic E-state index is 10.9. The van der Waals surface area contributed by atoms with Crippen molar-refractivity contribution in [3.05, 3.63) is 0 Å². The quantitative estimate of drug-likeness (QED) is 0.576. The Labute approximate surface area is 80.9 Å². The van der Waals surface area contributed by atoms with E-state index in [0.717, 1.165) is 6.42 Å². The van der Waals surface area contributed by atoms with E-state index in [2.05, 4.69) is 0 Å². The molecule has 78 valence electrons. The van der Waals surface area contributed by atoms with Crippen LogP contribution in [0.4, 0.5) is 0 Å². The Morgan fingerprint density at radius 1 is 1.14 bits per heavy atom. The van der Waals surface area contributed by atoms with Gasteiger partial charge < -0.3 is 15.9 Å². The van der Waals surface area contributed by atoms with E-state index in [1.807, 2.05) is 0 Å². The number of aliphatic carboxylic acids is 2. The lowest BCUT2D eigenvalue weighted by Gasteiger charge is -2.56. The van der Waals surface area contributed by atoms with Gasteiger partial charge >= 0.3 is 11.9 Å². The Balaban J connectivity index is 2.13. The van der Waals surface area contributed by atoms with Gasteiger partial charge in [0.1, 0.15) is 5.54 Å². The highest BCUT2D eigenvalue weighted by Gasteiger charge is 2.62. The third-order valence-electron chi connectivity index (χ3n) is 3.78. The van der Waals surface area contributed by atoms with Gasteiger partial charge in [-0.1, -0.05) is 0 Å². The van der Waals surface area contributed by atoms with Crippen LogP contribution < -0.4 is 5.73 Å². The highest BCUT2D eigenvalue weighted by molar-refractivity contribution is 5.82. The predicted octanol–water partition coefficient (Wildman–Crippen LogP) is -0.101. The van der Waals surface area contributed by atoms with Crippen LogP contribution in [0.3, 0.4) is 0 Å². The van der Waals surface area contributed by atoms with Gasteiger partial charge in [-0.15, -0.1) is 0 Å². The molecule has 3 saturated carbocycles. The van der Waals surface area contributed by atoms with Gasteiger partial charge in [0.2, 0.25) is 0 Å². The molecule has 0 aliphatic heterocycles. The molecule has 2 bridgehead atoms. The lowest BCUT2D eigenvalue weighted by Crippen LogP contribution is -2.70. The molecule has 0 aromatic rings. The molecule has 0 radical (unpaired) electrons. The van der Waals surface area contributed by atoms with Gasteiger partial charge in [-0.3, -0.25) is 9.59 Å². The highest BCUT2D eigenvalue weighted by atomic mass is 16.4. The number of carboxylic acid groups (broad SMARTS) is 2. The number of hydrogen-bond acceptors (Lipinski definition) is 3. The second-order valence-corrected chi connectivity index (χ2v) is 4.37. The van der Waals surface area contributed by atoms with E-state index in [9.17, 15) is 9.59 Å². The summed E-state index contributed by atoms with van der Waals surface area (Å²) in [5.74, 6) is -2.51. The molecule has 0 spiro atoms. The molecule has 3 fully saturated rings. The fourth-order valence-electron chi connectivity index (χ4n) is 2.82. The first-order valence-corrected chi connectivity index (χ1v) is 4.71. The summed E-state index contributed by atoms with van der Waals surface area (Å²) in [6, 6.07) is 0. The van der Waals surface area contributed by atoms with Crippen molar-refractivity contribution in [2.45, 2.75) is 24.8 Å². The molecule has 3 aliphatic carbocycles. The fraction of sp³-hybridized carbons (Fsp3) is 0.778. The van der Waals surface area contributed by atoms with E-state index in [1.165, 1.54) is 0 Å². The van der Waals surface area contributed by atoms with Crippen LogP contribution in [0.5, 0.6) is 0 Å². The van der Waals surface area contributed by atoms with E-state index < -0.39 is 23.4 Å². The summed E-state index contributed by atoms with van der Waals surface area (Å²) >= 11 is 0. The molecular weight excluding hydrogens is 186 g/mol. The molecule has 5 heteroatoms. The molecule has 0 saturated heterocycles. The van der Waals surface area contributed by atoms with Crippen molar-refractivity contribution in [3.63, 3.8) is 0 Å². The van der Waals surface area contributed by atoms with Crippen LogP contribution in [0, 0.1) is 17.8 Å². The molecule has 0 aromatic carbocycles. The van der Waals surface area contributed by atoms with E-state index >= 15 is 0 Å². The number of hydrogen-bond donors (Lipinski definition) is 3. The smallest absolute Gasteiger partial charge is 0.324 e. The second-order valence-electron chi connectivity index (χ2n) is 4.37. The van der Waals surface area contributed by atoms with Crippen molar-refractivity contribution >= 4 is 11.9 Å². The first kappa shape index (κ1) is 9.45. The van der Waals surface area contributed by atoms with Crippen molar-refractivity contribution in [2.75, 3.05) is 0 Å². The lowest BCUT2D eigenvalue weighted by molar-refractivity contribution is -0.169. The van der Waals surface area contributed by atoms with Gasteiger partial charge in [-0.05, 0) is 31.1 Å². The lowest BCUT2D eigenvalue weighted by atomic mass is 9.50. The van der Waals surface area contributed by atoms with E-state index in [-0.39, 0.29) is 11.8 Å². The third-order valence-corrected chi connectivity index (χ3v) is 3.78. The summed E-state index contributed by atoms with van der Waals surface area (Å²) in [6.07, 6.45) is 1.59. The maximum Gasteiger partial charge on any atom is 0.324 e. The van der Waals surface area contributed by atoms with Gasteiger partial charge in [0.25, 0.3) is 0 Å². The normalized spacial score (nSPS) is 45.4. The number of carboxylic acids is 2. The Bertz CT molecular complexity index is 289. The molecule has 5 nitrogen and oxygen atoms in total. The Morgan fingerprint density at radius 3 is 2.00 bits per heavy atom. The van der Waals surface area contributed by atoms with Gasteiger partial charge in [-0.25, -0.2) is 0 Å². The Morgan fingerprint density at radius 2 is 1.64 bits per heavy atom. The largest absolute Gasteiger partial charge is 0.481 e. The molecule has 0 amide bonds. The fourth-order valence-corrected chi connectivity index (χ4v) is 2.82. The monoisotopic (exact) mass is 199 g/mol. The molecule has 4 N–H and O–H groups in total. The minimum Gasteiger partial charge on any atom is -0.481 e. The number of fused-ring (bicyclic) bond motifs is 2. The first-order chi connectivity index (χ1) is 6.46. The predicted molar refractivity (Wildman–Crippen MR) is 46.5 cm³/mol. The number of rotatable bonds is 2. The summed E-state index contributed by atoms with van der Waals surface area (Å²) in [6.45, 7) is 0. The topological polar surface area (TPSA) is 101 Å².